The predicted octanol–water partition coefficient (Wildman–Crippen LogP) is 3.14. The number of rotatable bonds is 3. The molecule has 2 amide bonds. The van der Waals surface area contributed by atoms with Crippen LogP contribution in [0.3, 0.4) is 0 Å². The highest BCUT2D eigenvalue weighted by atomic mass is 19.1. The van der Waals surface area contributed by atoms with E-state index in [9.17, 15) is 14.0 Å². The summed E-state index contributed by atoms with van der Waals surface area (Å²) < 4.78 is 14.0. The van der Waals surface area contributed by atoms with Gasteiger partial charge in [0.2, 0.25) is 11.8 Å². The van der Waals surface area contributed by atoms with Gasteiger partial charge in [0, 0.05) is 44.8 Å². The molecule has 0 saturated carbocycles. The molecule has 6 heteroatoms. The minimum Gasteiger partial charge on any atom is -0.366 e. The van der Waals surface area contributed by atoms with Crippen molar-refractivity contribution in [3.8, 4) is 0 Å². The van der Waals surface area contributed by atoms with Crippen LogP contribution in [0.2, 0.25) is 0 Å². The first-order chi connectivity index (χ1) is 13.9. The van der Waals surface area contributed by atoms with Gasteiger partial charge in [-0.1, -0.05) is 18.2 Å². The van der Waals surface area contributed by atoms with E-state index in [-0.39, 0.29) is 30.0 Å². The first-order valence-corrected chi connectivity index (χ1v) is 10.1. The van der Waals surface area contributed by atoms with Crippen molar-refractivity contribution in [1.29, 1.82) is 0 Å². The molecule has 2 aliphatic rings. The van der Waals surface area contributed by atoms with E-state index in [4.69, 9.17) is 0 Å². The maximum atomic E-state index is 14.0. The summed E-state index contributed by atoms with van der Waals surface area (Å²) in [5, 5.41) is 0. The van der Waals surface area contributed by atoms with Crippen molar-refractivity contribution in [2.45, 2.75) is 20.3 Å². The fourth-order valence-electron chi connectivity index (χ4n) is 4.15. The number of hydrogen-bond donors (Lipinski definition) is 0. The molecule has 4 rings (SSSR count). The van der Waals surface area contributed by atoms with E-state index in [0.29, 0.717) is 38.4 Å². The number of carbonyl (C=O) groups is 2. The Morgan fingerprint density at radius 3 is 2.41 bits per heavy atom. The number of aryl methyl sites for hydroxylation is 2. The van der Waals surface area contributed by atoms with Crippen LogP contribution in [0.1, 0.15) is 17.5 Å². The van der Waals surface area contributed by atoms with Gasteiger partial charge in [-0.05, 0) is 49.2 Å². The van der Waals surface area contributed by atoms with Gasteiger partial charge < -0.3 is 14.7 Å². The summed E-state index contributed by atoms with van der Waals surface area (Å²) in [5.41, 5.74) is 3.75. The minimum absolute atomic E-state index is 0.00315. The molecule has 0 bridgehead atoms. The van der Waals surface area contributed by atoms with Gasteiger partial charge in [0.05, 0.1) is 11.6 Å². The predicted molar refractivity (Wildman–Crippen MR) is 112 cm³/mol. The van der Waals surface area contributed by atoms with E-state index >= 15 is 0 Å². The molecular weight excluding hydrogens is 369 g/mol. The van der Waals surface area contributed by atoms with Gasteiger partial charge in [-0.3, -0.25) is 9.59 Å². The summed E-state index contributed by atoms with van der Waals surface area (Å²) in [6.45, 7) is 6.76. The molecule has 0 spiro atoms. The number of amides is 2. The zero-order valence-corrected chi connectivity index (χ0v) is 16.9. The summed E-state index contributed by atoms with van der Waals surface area (Å²) in [6, 6.07) is 12.7. The third-order valence-electron chi connectivity index (χ3n) is 6.06. The molecule has 2 saturated heterocycles. The van der Waals surface area contributed by atoms with Crippen LogP contribution in [0.5, 0.6) is 0 Å². The summed E-state index contributed by atoms with van der Waals surface area (Å²) >= 11 is 0. The van der Waals surface area contributed by atoms with E-state index in [1.807, 2.05) is 47.9 Å². The summed E-state index contributed by atoms with van der Waals surface area (Å²) in [6.07, 6.45) is 0.249. The van der Waals surface area contributed by atoms with Crippen molar-refractivity contribution in [3.63, 3.8) is 0 Å². The maximum absolute atomic E-state index is 14.0. The lowest BCUT2D eigenvalue weighted by Gasteiger charge is -2.37. The third kappa shape index (κ3) is 3.84. The Hall–Kier alpha value is -2.89. The quantitative estimate of drug-likeness (QED) is 0.802. The summed E-state index contributed by atoms with van der Waals surface area (Å²) in [4.78, 5) is 31.1. The molecule has 1 atom stereocenters. The molecule has 29 heavy (non-hydrogen) atoms. The molecule has 2 aliphatic heterocycles. The van der Waals surface area contributed by atoms with Crippen molar-refractivity contribution in [3.05, 3.63) is 59.4 Å². The van der Waals surface area contributed by atoms with Crippen molar-refractivity contribution in [2.75, 3.05) is 42.5 Å². The number of halogens is 1. The number of benzene rings is 2. The van der Waals surface area contributed by atoms with Gasteiger partial charge in [0.15, 0.2) is 0 Å². The number of nitrogens with zero attached hydrogens (tertiary/aromatic N) is 3. The highest BCUT2D eigenvalue weighted by molar-refractivity contribution is 6.00. The molecule has 0 radical (unpaired) electrons. The Kier molecular flexibility index (Phi) is 5.26. The largest absolute Gasteiger partial charge is 0.366 e. The molecule has 2 fully saturated rings. The van der Waals surface area contributed by atoms with Crippen LogP contribution in [0.15, 0.2) is 42.5 Å². The molecule has 0 N–H and O–H groups in total. The number of para-hydroxylation sites is 1. The highest BCUT2D eigenvalue weighted by Crippen LogP contribution is 2.28. The van der Waals surface area contributed by atoms with E-state index in [1.165, 1.54) is 11.6 Å². The molecule has 0 aromatic heterocycles. The normalized spacial score (nSPS) is 19.8. The summed E-state index contributed by atoms with van der Waals surface area (Å²) in [7, 11) is 0. The Morgan fingerprint density at radius 2 is 1.72 bits per heavy atom. The number of carbonyl (C=O) groups excluding carboxylic acids is 2. The second kappa shape index (κ2) is 7.85. The molecule has 0 aliphatic carbocycles. The Labute approximate surface area is 170 Å². The average Bonchev–Trinajstić information content (AvgIpc) is 3.12. The molecule has 1 unspecified atom stereocenters. The van der Waals surface area contributed by atoms with Crippen LogP contribution in [0, 0.1) is 25.6 Å². The maximum Gasteiger partial charge on any atom is 0.228 e. The average molecular weight is 395 g/mol. The molecular formula is C23H26FN3O2. The van der Waals surface area contributed by atoms with Gasteiger partial charge in [0.1, 0.15) is 5.82 Å². The first-order valence-electron chi connectivity index (χ1n) is 10.1. The van der Waals surface area contributed by atoms with Crippen molar-refractivity contribution >= 4 is 23.2 Å². The topological polar surface area (TPSA) is 43.9 Å². The van der Waals surface area contributed by atoms with Gasteiger partial charge >= 0.3 is 0 Å². The molecule has 2 aromatic carbocycles. The van der Waals surface area contributed by atoms with E-state index in [2.05, 4.69) is 0 Å². The SMILES string of the molecule is Cc1ccc(N2CC(C(=O)N3CCN(c4ccccc4F)CC3)CC2=O)cc1C. The van der Waals surface area contributed by atoms with Crippen LogP contribution in [0.25, 0.3) is 0 Å². The number of anilines is 2. The second-order valence-electron chi connectivity index (χ2n) is 7.94. The Morgan fingerprint density at radius 1 is 1.00 bits per heavy atom. The van der Waals surface area contributed by atoms with Crippen LogP contribution >= 0.6 is 0 Å². The fraction of sp³-hybridized carbons (Fsp3) is 0.391. The Balaban J connectivity index is 1.39. The molecule has 152 valence electrons. The van der Waals surface area contributed by atoms with E-state index in [0.717, 1.165) is 11.3 Å². The highest BCUT2D eigenvalue weighted by Gasteiger charge is 2.38. The summed E-state index contributed by atoms with van der Waals surface area (Å²) in [5.74, 6) is -0.531. The number of hydrogen-bond acceptors (Lipinski definition) is 3. The van der Waals surface area contributed by atoms with Gasteiger partial charge in [-0.25, -0.2) is 4.39 Å². The van der Waals surface area contributed by atoms with Crippen molar-refractivity contribution in [1.82, 2.24) is 4.90 Å². The van der Waals surface area contributed by atoms with Crippen LogP contribution in [-0.2, 0) is 9.59 Å². The van der Waals surface area contributed by atoms with E-state index < -0.39 is 0 Å². The molecule has 2 heterocycles. The second-order valence-corrected chi connectivity index (χ2v) is 7.94. The van der Waals surface area contributed by atoms with Crippen molar-refractivity contribution in [2.24, 2.45) is 5.92 Å². The van der Waals surface area contributed by atoms with Crippen LogP contribution < -0.4 is 9.80 Å². The smallest absolute Gasteiger partial charge is 0.228 e. The monoisotopic (exact) mass is 395 g/mol. The minimum atomic E-state index is -0.316. The van der Waals surface area contributed by atoms with Crippen LogP contribution in [-0.4, -0.2) is 49.4 Å². The lowest BCUT2D eigenvalue weighted by atomic mass is 10.1. The lowest BCUT2D eigenvalue weighted by Crippen LogP contribution is -2.51. The van der Waals surface area contributed by atoms with Gasteiger partial charge in [-0.2, -0.15) is 0 Å². The molecule has 2 aromatic rings. The number of piperazine rings is 1. The lowest BCUT2D eigenvalue weighted by molar-refractivity contribution is -0.136. The Bertz CT molecular complexity index is 937. The third-order valence-corrected chi connectivity index (χ3v) is 6.06. The zero-order chi connectivity index (χ0) is 20.5. The zero-order valence-electron chi connectivity index (χ0n) is 16.9. The molecule has 5 nitrogen and oxygen atoms in total. The first kappa shape index (κ1) is 19.4. The van der Waals surface area contributed by atoms with Gasteiger partial charge in [0.25, 0.3) is 0 Å². The van der Waals surface area contributed by atoms with E-state index in [1.54, 1.807) is 17.0 Å². The van der Waals surface area contributed by atoms with Crippen LogP contribution in [0.4, 0.5) is 15.8 Å². The standard InChI is InChI=1S/C23H26FN3O2/c1-16-7-8-19(13-17(16)2)27-15-18(14-22(27)28)23(29)26-11-9-25(10-12-26)21-6-4-3-5-20(21)24/h3-8,13,18H,9-12,14-15H2,1-2H3. The van der Waals surface area contributed by atoms with Gasteiger partial charge in [-0.15, -0.1) is 0 Å². The van der Waals surface area contributed by atoms with Crippen molar-refractivity contribution < 1.29 is 14.0 Å². The fourth-order valence-corrected chi connectivity index (χ4v) is 4.15.